The van der Waals surface area contributed by atoms with Crippen LogP contribution in [0.2, 0.25) is 0 Å². The molecule has 3 heteroatoms. The highest BCUT2D eigenvalue weighted by Crippen LogP contribution is 2.17. The first-order valence-corrected chi connectivity index (χ1v) is 7.45. The molecular formula is C18H21N3. The molecule has 0 spiro atoms. The predicted molar refractivity (Wildman–Crippen MR) is 88.4 cm³/mol. The summed E-state index contributed by atoms with van der Waals surface area (Å²) in [4.78, 5) is 0. The third kappa shape index (κ3) is 3.43. The third-order valence-corrected chi connectivity index (χ3v) is 3.60. The molecule has 0 atom stereocenters. The van der Waals surface area contributed by atoms with Gasteiger partial charge in [-0.2, -0.15) is 5.10 Å². The molecule has 2 N–H and O–H groups in total. The lowest BCUT2D eigenvalue weighted by Crippen LogP contribution is -2.00. The molecule has 0 aliphatic heterocycles. The van der Waals surface area contributed by atoms with Crippen molar-refractivity contribution in [2.24, 2.45) is 5.92 Å². The van der Waals surface area contributed by atoms with Gasteiger partial charge in [-0.25, -0.2) is 0 Å². The molecule has 1 heterocycles. The highest BCUT2D eigenvalue weighted by molar-refractivity contribution is 5.81. The van der Waals surface area contributed by atoms with Crippen molar-refractivity contribution in [3.8, 4) is 0 Å². The van der Waals surface area contributed by atoms with Gasteiger partial charge in [0.05, 0.1) is 11.7 Å². The first kappa shape index (κ1) is 13.7. The van der Waals surface area contributed by atoms with Crippen molar-refractivity contribution in [3.05, 3.63) is 59.8 Å². The molecule has 0 unspecified atom stereocenters. The maximum Gasteiger partial charge on any atom is 0.0651 e. The van der Waals surface area contributed by atoms with Gasteiger partial charge in [-0.15, -0.1) is 0 Å². The Balaban J connectivity index is 1.63. The molecule has 108 valence electrons. The molecule has 0 saturated carbocycles. The lowest BCUT2D eigenvalue weighted by Gasteiger charge is -2.09. The van der Waals surface area contributed by atoms with Crippen molar-refractivity contribution in [3.63, 3.8) is 0 Å². The van der Waals surface area contributed by atoms with Crippen LogP contribution < -0.4 is 5.32 Å². The summed E-state index contributed by atoms with van der Waals surface area (Å²) in [7, 11) is 0. The minimum absolute atomic E-state index is 0.704. The first-order chi connectivity index (χ1) is 10.2. The van der Waals surface area contributed by atoms with Gasteiger partial charge < -0.3 is 5.32 Å². The number of nitrogens with one attached hydrogen (secondary N) is 2. The smallest absolute Gasteiger partial charge is 0.0651 e. The Hall–Kier alpha value is -2.29. The molecular weight excluding hydrogens is 258 g/mol. The zero-order valence-corrected chi connectivity index (χ0v) is 12.6. The van der Waals surface area contributed by atoms with Gasteiger partial charge in [0.25, 0.3) is 0 Å². The Morgan fingerprint density at radius 2 is 1.81 bits per heavy atom. The largest absolute Gasteiger partial charge is 0.381 e. The third-order valence-electron chi connectivity index (χ3n) is 3.60. The average Bonchev–Trinajstić information content (AvgIpc) is 2.93. The number of benzene rings is 2. The van der Waals surface area contributed by atoms with Crippen LogP contribution >= 0.6 is 0 Å². The second-order valence-corrected chi connectivity index (χ2v) is 5.94. The van der Waals surface area contributed by atoms with Crippen LogP contribution in [-0.2, 0) is 13.0 Å². The number of aromatic amines is 1. The van der Waals surface area contributed by atoms with E-state index in [4.69, 9.17) is 0 Å². The standard InChI is InChI=1S/C18H21N3/c1-13(2)9-14-3-5-15(6-4-14)11-19-17-7-8-18-16(10-17)12-20-21-18/h3-8,10,12-13,19H,9,11H2,1-2H3,(H,20,21). The summed E-state index contributed by atoms with van der Waals surface area (Å²) in [5.41, 5.74) is 4.90. The molecule has 3 nitrogen and oxygen atoms in total. The molecule has 2 aromatic carbocycles. The van der Waals surface area contributed by atoms with Crippen LogP contribution in [-0.4, -0.2) is 10.2 Å². The Kier molecular flexibility index (Phi) is 3.91. The molecule has 0 bridgehead atoms. The summed E-state index contributed by atoms with van der Waals surface area (Å²) in [6, 6.07) is 15.1. The summed E-state index contributed by atoms with van der Waals surface area (Å²) in [5.74, 6) is 0.704. The van der Waals surface area contributed by atoms with Gasteiger partial charge in [-0.1, -0.05) is 38.1 Å². The van der Waals surface area contributed by atoms with E-state index in [-0.39, 0.29) is 0 Å². The molecule has 3 rings (SSSR count). The van der Waals surface area contributed by atoms with E-state index in [1.807, 2.05) is 6.20 Å². The fraction of sp³-hybridized carbons (Fsp3) is 0.278. The Bertz CT molecular complexity index is 711. The Morgan fingerprint density at radius 3 is 2.57 bits per heavy atom. The molecule has 3 aromatic rings. The minimum Gasteiger partial charge on any atom is -0.381 e. The molecule has 1 aromatic heterocycles. The molecule has 0 saturated heterocycles. The minimum atomic E-state index is 0.704. The number of hydrogen-bond acceptors (Lipinski definition) is 2. The van der Waals surface area contributed by atoms with Crippen molar-refractivity contribution >= 4 is 16.6 Å². The second-order valence-electron chi connectivity index (χ2n) is 5.94. The molecule has 0 aliphatic rings. The van der Waals surface area contributed by atoms with Crippen molar-refractivity contribution in [2.45, 2.75) is 26.8 Å². The number of hydrogen-bond donors (Lipinski definition) is 2. The molecule has 0 radical (unpaired) electrons. The van der Waals surface area contributed by atoms with Gasteiger partial charge in [0.1, 0.15) is 0 Å². The zero-order valence-electron chi connectivity index (χ0n) is 12.6. The fourth-order valence-electron chi connectivity index (χ4n) is 2.52. The van der Waals surface area contributed by atoms with E-state index >= 15 is 0 Å². The van der Waals surface area contributed by atoms with Crippen LogP contribution in [0.15, 0.2) is 48.7 Å². The van der Waals surface area contributed by atoms with Gasteiger partial charge in [0, 0.05) is 17.6 Å². The van der Waals surface area contributed by atoms with Crippen molar-refractivity contribution < 1.29 is 0 Å². The highest BCUT2D eigenvalue weighted by Gasteiger charge is 2.00. The summed E-state index contributed by atoms with van der Waals surface area (Å²) in [6.45, 7) is 5.34. The lowest BCUT2D eigenvalue weighted by molar-refractivity contribution is 0.647. The van der Waals surface area contributed by atoms with Gasteiger partial charge in [-0.3, -0.25) is 5.10 Å². The number of H-pyrrole nitrogens is 1. The van der Waals surface area contributed by atoms with Crippen LogP contribution in [0.3, 0.4) is 0 Å². The number of aromatic nitrogens is 2. The van der Waals surface area contributed by atoms with Crippen LogP contribution in [0, 0.1) is 5.92 Å². The quantitative estimate of drug-likeness (QED) is 0.728. The van der Waals surface area contributed by atoms with Crippen molar-refractivity contribution in [1.29, 1.82) is 0 Å². The predicted octanol–water partition coefficient (Wildman–Crippen LogP) is 4.37. The van der Waals surface area contributed by atoms with E-state index < -0.39 is 0 Å². The van der Waals surface area contributed by atoms with Crippen LogP contribution in [0.25, 0.3) is 10.9 Å². The van der Waals surface area contributed by atoms with E-state index in [9.17, 15) is 0 Å². The topological polar surface area (TPSA) is 40.7 Å². The maximum atomic E-state index is 4.04. The number of rotatable bonds is 5. The van der Waals surface area contributed by atoms with E-state index in [1.54, 1.807) is 0 Å². The first-order valence-electron chi connectivity index (χ1n) is 7.45. The van der Waals surface area contributed by atoms with E-state index in [0.29, 0.717) is 5.92 Å². The number of fused-ring (bicyclic) bond motifs is 1. The van der Waals surface area contributed by atoms with Gasteiger partial charge in [0.2, 0.25) is 0 Å². The Labute approximate surface area is 125 Å². The van der Waals surface area contributed by atoms with E-state index in [1.165, 1.54) is 11.1 Å². The zero-order chi connectivity index (χ0) is 14.7. The summed E-state index contributed by atoms with van der Waals surface area (Å²) in [5, 5.41) is 11.6. The van der Waals surface area contributed by atoms with Crippen LogP contribution in [0.1, 0.15) is 25.0 Å². The normalized spacial score (nSPS) is 11.2. The summed E-state index contributed by atoms with van der Waals surface area (Å²) >= 11 is 0. The fourth-order valence-corrected chi connectivity index (χ4v) is 2.52. The maximum absolute atomic E-state index is 4.04. The van der Waals surface area contributed by atoms with Gasteiger partial charge in [-0.05, 0) is 41.7 Å². The van der Waals surface area contributed by atoms with E-state index in [0.717, 1.165) is 29.6 Å². The van der Waals surface area contributed by atoms with Gasteiger partial charge >= 0.3 is 0 Å². The Morgan fingerprint density at radius 1 is 1.05 bits per heavy atom. The molecule has 0 amide bonds. The monoisotopic (exact) mass is 279 g/mol. The van der Waals surface area contributed by atoms with Crippen molar-refractivity contribution in [2.75, 3.05) is 5.32 Å². The average molecular weight is 279 g/mol. The van der Waals surface area contributed by atoms with Gasteiger partial charge in [0.15, 0.2) is 0 Å². The highest BCUT2D eigenvalue weighted by atomic mass is 15.1. The van der Waals surface area contributed by atoms with E-state index in [2.05, 4.69) is 71.8 Å². The second kappa shape index (κ2) is 6.00. The van der Waals surface area contributed by atoms with Crippen molar-refractivity contribution in [1.82, 2.24) is 10.2 Å². The molecule has 0 fully saturated rings. The number of nitrogens with zero attached hydrogens (tertiary/aromatic N) is 1. The van der Waals surface area contributed by atoms with Crippen LogP contribution in [0.5, 0.6) is 0 Å². The number of anilines is 1. The summed E-state index contributed by atoms with van der Waals surface area (Å²) < 4.78 is 0. The SMILES string of the molecule is CC(C)Cc1ccc(CNc2ccc3[nH]ncc3c2)cc1. The lowest BCUT2D eigenvalue weighted by atomic mass is 10.0. The summed E-state index contributed by atoms with van der Waals surface area (Å²) in [6.07, 6.45) is 2.99. The van der Waals surface area contributed by atoms with Crippen LogP contribution in [0.4, 0.5) is 5.69 Å². The molecule has 21 heavy (non-hydrogen) atoms. The molecule has 0 aliphatic carbocycles.